The maximum absolute atomic E-state index is 12.9. The van der Waals surface area contributed by atoms with E-state index in [1.165, 1.54) is 0 Å². The van der Waals surface area contributed by atoms with Crippen molar-refractivity contribution in [2.75, 3.05) is 13.1 Å². The molecule has 1 aromatic carbocycles. The molecule has 5 nitrogen and oxygen atoms in total. The van der Waals surface area contributed by atoms with Gasteiger partial charge in [0, 0.05) is 12.1 Å². The Morgan fingerprint density at radius 3 is 3.04 bits per heavy atom. The van der Waals surface area contributed by atoms with E-state index in [1.54, 1.807) is 23.5 Å². The van der Waals surface area contributed by atoms with Crippen molar-refractivity contribution in [1.82, 2.24) is 9.88 Å². The average molecular weight is 360 g/mol. The molecule has 3 aromatic rings. The number of thiophene rings is 1. The molecular formula is C17H16N2O3S2. The molecule has 0 aliphatic carbocycles. The van der Waals surface area contributed by atoms with Gasteiger partial charge < -0.3 is 19.0 Å². The number of aromatic nitrogens is 1. The lowest BCUT2D eigenvalue weighted by Gasteiger charge is -2.36. The van der Waals surface area contributed by atoms with Crippen LogP contribution in [0.2, 0.25) is 0 Å². The monoisotopic (exact) mass is 360 g/mol. The number of ether oxygens (including phenoxy) is 1. The van der Waals surface area contributed by atoms with Gasteiger partial charge in [-0.25, -0.2) is 0 Å². The number of nitrogens with zero attached hydrogens (tertiary/aromatic N) is 1. The number of oxazole rings is 1. The minimum Gasteiger partial charge on any atom is -0.429 e. The van der Waals surface area contributed by atoms with Gasteiger partial charge in [-0.1, -0.05) is 0 Å². The molecule has 0 radical (unpaired) electrons. The molecule has 2 atom stereocenters. The second kappa shape index (κ2) is 6.16. The van der Waals surface area contributed by atoms with Crippen LogP contribution in [0.15, 0.2) is 39.4 Å². The fourth-order valence-corrected chi connectivity index (χ4v) is 3.92. The van der Waals surface area contributed by atoms with Gasteiger partial charge in [0.1, 0.15) is 6.10 Å². The van der Waals surface area contributed by atoms with Gasteiger partial charge in [-0.05, 0) is 59.7 Å². The first-order chi connectivity index (χ1) is 11.6. The summed E-state index contributed by atoms with van der Waals surface area (Å²) in [6.07, 6.45) is -0.0867. The number of carbonyl (C=O) groups is 1. The third kappa shape index (κ3) is 2.90. The minimum atomic E-state index is -0.0797. The Bertz CT molecular complexity index is 929. The van der Waals surface area contributed by atoms with Crippen LogP contribution in [-0.4, -0.2) is 35.0 Å². The number of nitrogens with one attached hydrogen (secondary N) is 1. The van der Waals surface area contributed by atoms with Crippen molar-refractivity contribution in [2.45, 2.75) is 19.1 Å². The summed E-state index contributed by atoms with van der Waals surface area (Å²) in [4.78, 5) is 18.0. The quantitative estimate of drug-likeness (QED) is 0.698. The van der Waals surface area contributed by atoms with Crippen molar-refractivity contribution < 1.29 is 13.9 Å². The number of benzene rings is 1. The highest BCUT2D eigenvalue weighted by Crippen LogP contribution is 2.28. The Morgan fingerprint density at radius 1 is 1.38 bits per heavy atom. The van der Waals surface area contributed by atoms with E-state index in [4.69, 9.17) is 21.4 Å². The van der Waals surface area contributed by atoms with E-state index in [2.05, 4.69) is 10.4 Å². The smallest absolute Gasteiger partial charge is 0.266 e. The predicted molar refractivity (Wildman–Crippen MR) is 94.9 cm³/mol. The van der Waals surface area contributed by atoms with Gasteiger partial charge in [0.25, 0.3) is 10.7 Å². The van der Waals surface area contributed by atoms with Gasteiger partial charge in [0.05, 0.1) is 18.2 Å². The van der Waals surface area contributed by atoms with E-state index in [0.717, 1.165) is 11.1 Å². The van der Waals surface area contributed by atoms with Crippen molar-refractivity contribution in [3.05, 3.63) is 51.0 Å². The molecule has 1 saturated heterocycles. The number of morpholine rings is 1. The second-order valence-electron chi connectivity index (χ2n) is 5.93. The van der Waals surface area contributed by atoms with Crippen molar-refractivity contribution in [2.24, 2.45) is 0 Å². The standard InChI is InChI=1S/C17H16N2O3S2/c1-10-7-19(8-15(21-10)12-4-5-24-9-12)16(20)11-2-3-13-14(6-11)22-17(23)18-13/h2-6,9-10,15H,7-8H2,1H3,(H,18,23)/t10-,15+/m0/s1. The molecule has 0 bridgehead atoms. The summed E-state index contributed by atoms with van der Waals surface area (Å²) in [6.45, 7) is 3.12. The predicted octanol–water partition coefficient (Wildman–Crippen LogP) is 4.15. The summed E-state index contributed by atoms with van der Waals surface area (Å²) in [5.74, 6) is -0.0189. The first kappa shape index (κ1) is 15.6. The van der Waals surface area contributed by atoms with Crippen LogP contribution >= 0.6 is 23.6 Å². The molecule has 0 spiro atoms. The van der Waals surface area contributed by atoms with Gasteiger partial charge in [0.2, 0.25) is 0 Å². The zero-order chi connectivity index (χ0) is 16.7. The Hall–Kier alpha value is -1.96. The molecular weight excluding hydrogens is 344 g/mol. The van der Waals surface area contributed by atoms with Gasteiger partial charge in [-0.15, -0.1) is 0 Å². The molecule has 1 aliphatic rings. The number of hydrogen-bond acceptors (Lipinski definition) is 5. The summed E-state index contributed by atoms with van der Waals surface area (Å²) in [7, 11) is 0. The molecule has 1 amide bonds. The Balaban J connectivity index is 1.60. The number of carbonyl (C=O) groups excluding carboxylic acids is 1. The van der Waals surface area contributed by atoms with E-state index >= 15 is 0 Å². The Kier molecular flexibility index (Phi) is 3.99. The zero-order valence-electron chi connectivity index (χ0n) is 13.0. The maximum atomic E-state index is 12.9. The van der Waals surface area contributed by atoms with Crippen LogP contribution in [-0.2, 0) is 4.74 Å². The maximum Gasteiger partial charge on any atom is 0.266 e. The Morgan fingerprint density at radius 2 is 2.25 bits per heavy atom. The SMILES string of the molecule is C[C@H]1CN(C(=O)c2ccc3[nH]c(=S)oc3c2)C[C@H](c2ccsc2)O1. The van der Waals surface area contributed by atoms with Crippen LogP contribution < -0.4 is 0 Å². The number of amides is 1. The zero-order valence-corrected chi connectivity index (χ0v) is 14.7. The molecule has 1 fully saturated rings. The normalized spacial score (nSPS) is 21.3. The van der Waals surface area contributed by atoms with Crippen LogP contribution in [0.3, 0.4) is 0 Å². The van der Waals surface area contributed by atoms with E-state index in [0.29, 0.717) is 29.1 Å². The summed E-state index contributed by atoms with van der Waals surface area (Å²) >= 11 is 6.63. The second-order valence-corrected chi connectivity index (χ2v) is 7.08. The third-order valence-electron chi connectivity index (χ3n) is 4.13. The van der Waals surface area contributed by atoms with E-state index in [-0.39, 0.29) is 18.1 Å². The summed E-state index contributed by atoms with van der Waals surface area (Å²) in [5.41, 5.74) is 3.11. The van der Waals surface area contributed by atoms with Crippen LogP contribution in [0.4, 0.5) is 0 Å². The molecule has 1 aliphatic heterocycles. The summed E-state index contributed by atoms with van der Waals surface area (Å²) in [5, 5.41) is 4.10. The van der Waals surface area contributed by atoms with Crippen LogP contribution in [0.1, 0.15) is 28.9 Å². The topological polar surface area (TPSA) is 58.5 Å². The van der Waals surface area contributed by atoms with Crippen molar-refractivity contribution in [3.63, 3.8) is 0 Å². The highest BCUT2D eigenvalue weighted by molar-refractivity contribution is 7.71. The molecule has 2 aromatic heterocycles. The first-order valence-electron chi connectivity index (χ1n) is 7.70. The van der Waals surface area contributed by atoms with Crippen molar-refractivity contribution >= 4 is 40.6 Å². The molecule has 24 heavy (non-hydrogen) atoms. The number of aromatic amines is 1. The van der Waals surface area contributed by atoms with Crippen LogP contribution in [0.25, 0.3) is 11.1 Å². The van der Waals surface area contributed by atoms with Crippen LogP contribution in [0.5, 0.6) is 0 Å². The highest BCUT2D eigenvalue weighted by atomic mass is 32.1. The van der Waals surface area contributed by atoms with Crippen LogP contribution in [0, 0.1) is 4.84 Å². The molecule has 4 rings (SSSR count). The molecule has 124 valence electrons. The fourth-order valence-electron chi connectivity index (χ4n) is 3.02. The lowest BCUT2D eigenvalue weighted by molar-refractivity contribution is -0.0690. The summed E-state index contributed by atoms with van der Waals surface area (Å²) in [6, 6.07) is 7.41. The molecule has 1 N–H and O–H groups in total. The number of rotatable bonds is 2. The van der Waals surface area contributed by atoms with E-state index in [9.17, 15) is 4.79 Å². The lowest BCUT2D eigenvalue weighted by atomic mass is 10.1. The molecule has 3 heterocycles. The van der Waals surface area contributed by atoms with Gasteiger partial charge >= 0.3 is 0 Å². The van der Waals surface area contributed by atoms with E-state index in [1.807, 2.05) is 29.3 Å². The van der Waals surface area contributed by atoms with Crippen molar-refractivity contribution in [3.8, 4) is 0 Å². The summed E-state index contributed by atoms with van der Waals surface area (Å²) < 4.78 is 11.4. The number of fused-ring (bicyclic) bond motifs is 1. The van der Waals surface area contributed by atoms with Gasteiger partial charge in [-0.2, -0.15) is 11.3 Å². The largest absolute Gasteiger partial charge is 0.429 e. The highest BCUT2D eigenvalue weighted by Gasteiger charge is 2.30. The fraction of sp³-hybridized carbons (Fsp3) is 0.294. The van der Waals surface area contributed by atoms with Gasteiger partial charge in [-0.3, -0.25) is 4.79 Å². The molecule has 0 saturated carbocycles. The lowest BCUT2D eigenvalue weighted by Crippen LogP contribution is -2.45. The number of hydrogen-bond donors (Lipinski definition) is 1. The number of H-pyrrole nitrogens is 1. The first-order valence-corrected chi connectivity index (χ1v) is 9.05. The minimum absolute atomic E-state index is 0.00692. The van der Waals surface area contributed by atoms with Crippen molar-refractivity contribution in [1.29, 1.82) is 0 Å². The third-order valence-corrected chi connectivity index (χ3v) is 5.02. The average Bonchev–Trinajstić information content (AvgIpc) is 3.21. The van der Waals surface area contributed by atoms with E-state index < -0.39 is 0 Å². The molecule has 7 heteroatoms. The molecule has 0 unspecified atom stereocenters. The Labute approximate surface area is 147 Å². The van der Waals surface area contributed by atoms with Gasteiger partial charge in [0.15, 0.2) is 5.58 Å².